The second-order valence-corrected chi connectivity index (χ2v) is 7.85. The second kappa shape index (κ2) is 8.51. The molecule has 7 heteroatoms. The van der Waals surface area contributed by atoms with Crippen molar-refractivity contribution in [2.75, 3.05) is 12.4 Å². The number of methoxy groups -OCH3 is 1. The summed E-state index contributed by atoms with van der Waals surface area (Å²) in [5, 5.41) is 3.89. The van der Waals surface area contributed by atoms with Crippen molar-refractivity contribution < 1.29 is 14.3 Å². The number of amides is 1. The van der Waals surface area contributed by atoms with Crippen LogP contribution >= 0.6 is 22.9 Å². The van der Waals surface area contributed by atoms with Gasteiger partial charge in [0.15, 0.2) is 16.6 Å². The van der Waals surface area contributed by atoms with Gasteiger partial charge in [-0.15, -0.1) is 11.3 Å². The highest BCUT2D eigenvalue weighted by Crippen LogP contribution is 2.37. The van der Waals surface area contributed by atoms with Crippen LogP contribution < -0.4 is 14.8 Å². The van der Waals surface area contributed by atoms with Gasteiger partial charge in [-0.25, -0.2) is 4.98 Å². The highest BCUT2D eigenvalue weighted by molar-refractivity contribution is 7.15. The van der Waals surface area contributed by atoms with Gasteiger partial charge in [0.2, 0.25) is 0 Å². The Balaban J connectivity index is 1.52. The van der Waals surface area contributed by atoms with Crippen molar-refractivity contribution in [3.05, 3.63) is 87.6 Å². The van der Waals surface area contributed by atoms with Gasteiger partial charge in [0, 0.05) is 39.7 Å². The van der Waals surface area contributed by atoms with Crippen LogP contribution in [0.25, 0.3) is 6.08 Å². The van der Waals surface area contributed by atoms with Gasteiger partial charge in [0.25, 0.3) is 5.91 Å². The zero-order valence-corrected chi connectivity index (χ0v) is 17.1. The van der Waals surface area contributed by atoms with Crippen molar-refractivity contribution in [2.45, 2.75) is 6.42 Å². The van der Waals surface area contributed by atoms with Crippen LogP contribution in [-0.4, -0.2) is 18.0 Å². The molecule has 1 amide bonds. The number of hydrogen-bond acceptors (Lipinski definition) is 5. The maximum Gasteiger partial charge on any atom is 0.257 e. The monoisotopic (exact) mass is 424 g/mol. The Hall–Kier alpha value is -3.09. The molecule has 3 aromatic rings. The minimum Gasteiger partial charge on any atom is -0.493 e. The van der Waals surface area contributed by atoms with Crippen molar-refractivity contribution in [2.24, 2.45) is 0 Å². The van der Waals surface area contributed by atoms with Crippen molar-refractivity contribution in [1.82, 2.24) is 4.98 Å². The molecule has 2 aromatic carbocycles. The molecule has 4 rings (SSSR count). The fraction of sp³-hybridized carbons (Fsp3) is 0.0909. The third kappa shape index (κ3) is 4.50. The van der Waals surface area contributed by atoms with Crippen LogP contribution in [0, 0.1) is 0 Å². The van der Waals surface area contributed by atoms with E-state index in [2.05, 4.69) is 22.4 Å². The average Bonchev–Trinajstić information content (AvgIpc) is 3.03. The van der Waals surface area contributed by atoms with Crippen LogP contribution in [0.4, 0.5) is 5.13 Å². The summed E-state index contributed by atoms with van der Waals surface area (Å²) in [6.07, 6.45) is 7.32. The van der Waals surface area contributed by atoms with E-state index in [0.29, 0.717) is 32.8 Å². The van der Waals surface area contributed by atoms with Crippen molar-refractivity contribution >= 4 is 40.1 Å². The van der Waals surface area contributed by atoms with Crippen LogP contribution in [0.1, 0.15) is 16.0 Å². The molecule has 1 aliphatic rings. The molecule has 0 bridgehead atoms. The van der Waals surface area contributed by atoms with Crippen LogP contribution in [0.15, 0.2) is 66.6 Å². The lowest BCUT2D eigenvalue weighted by molar-refractivity contribution is -0.112. The smallest absolute Gasteiger partial charge is 0.257 e. The number of ether oxygens (including phenoxy) is 2. The van der Waals surface area contributed by atoms with Gasteiger partial charge in [0.05, 0.1) is 13.4 Å². The molecular formula is C22H17ClN2O3S. The SMILES string of the molecule is COc1cc(Cl)cc2c1OC=CC(C(=O)Nc1ncc(Cc3ccccc3)s1)=C2. The Morgan fingerprint density at radius 3 is 2.90 bits per heavy atom. The Morgan fingerprint density at radius 1 is 1.28 bits per heavy atom. The number of anilines is 1. The number of fused-ring (bicyclic) bond motifs is 1. The Morgan fingerprint density at radius 2 is 2.10 bits per heavy atom. The second-order valence-electron chi connectivity index (χ2n) is 6.29. The van der Waals surface area contributed by atoms with Crippen molar-refractivity contribution in [3.63, 3.8) is 0 Å². The topological polar surface area (TPSA) is 60.5 Å². The molecule has 2 heterocycles. The summed E-state index contributed by atoms with van der Waals surface area (Å²) in [6.45, 7) is 0. The van der Waals surface area contributed by atoms with Gasteiger partial charge in [0.1, 0.15) is 0 Å². The third-order valence-electron chi connectivity index (χ3n) is 4.27. The van der Waals surface area contributed by atoms with Crippen LogP contribution in [0.3, 0.4) is 0 Å². The Kier molecular flexibility index (Phi) is 5.64. The normalized spacial score (nSPS) is 12.4. The van der Waals surface area contributed by atoms with Gasteiger partial charge >= 0.3 is 0 Å². The van der Waals surface area contributed by atoms with E-state index in [1.54, 1.807) is 30.5 Å². The zero-order valence-electron chi connectivity index (χ0n) is 15.5. The first-order valence-electron chi connectivity index (χ1n) is 8.85. The highest BCUT2D eigenvalue weighted by atomic mass is 35.5. The first kappa shape index (κ1) is 19.2. The molecule has 0 saturated heterocycles. The van der Waals surface area contributed by atoms with Crippen molar-refractivity contribution in [3.8, 4) is 11.5 Å². The predicted molar refractivity (Wildman–Crippen MR) is 116 cm³/mol. The molecule has 1 aromatic heterocycles. The van der Waals surface area contributed by atoms with Gasteiger partial charge in [-0.3, -0.25) is 10.1 Å². The quantitative estimate of drug-likeness (QED) is 0.601. The number of benzene rings is 2. The first-order valence-corrected chi connectivity index (χ1v) is 10.0. The van der Waals surface area contributed by atoms with Crippen molar-refractivity contribution in [1.29, 1.82) is 0 Å². The number of rotatable bonds is 5. The van der Waals surface area contributed by atoms with E-state index in [1.165, 1.54) is 30.3 Å². The van der Waals surface area contributed by atoms with Crippen LogP contribution in [0.2, 0.25) is 5.02 Å². The summed E-state index contributed by atoms with van der Waals surface area (Å²) in [5.41, 5.74) is 2.28. The third-order valence-corrected chi connectivity index (χ3v) is 5.40. The predicted octanol–water partition coefficient (Wildman–Crippen LogP) is 5.32. The number of aromatic nitrogens is 1. The number of thiazole rings is 1. The largest absolute Gasteiger partial charge is 0.493 e. The number of hydrogen-bond donors (Lipinski definition) is 1. The highest BCUT2D eigenvalue weighted by Gasteiger charge is 2.17. The molecule has 1 aliphatic heterocycles. The first-order chi connectivity index (χ1) is 14.1. The van der Waals surface area contributed by atoms with Gasteiger partial charge in [-0.2, -0.15) is 0 Å². The fourth-order valence-electron chi connectivity index (χ4n) is 2.92. The molecule has 0 saturated carbocycles. The van der Waals surface area contributed by atoms with E-state index in [9.17, 15) is 4.79 Å². The van der Waals surface area contributed by atoms with E-state index in [1.807, 2.05) is 18.2 Å². The lowest BCUT2D eigenvalue weighted by Gasteiger charge is -2.10. The van der Waals surface area contributed by atoms with Crippen LogP contribution in [0.5, 0.6) is 11.5 Å². The van der Waals surface area contributed by atoms with Gasteiger partial charge in [-0.1, -0.05) is 41.9 Å². The summed E-state index contributed by atoms with van der Waals surface area (Å²) < 4.78 is 10.9. The summed E-state index contributed by atoms with van der Waals surface area (Å²) in [7, 11) is 1.54. The van der Waals surface area contributed by atoms with E-state index in [4.69, 9.17) is 21.1 Å². The molecule has 1 N–H and O–H groups in total. The van der Waals surface area contributed by atoms with E-state index in [-0.39, 0.29) is 5.91 Å². The number of nitrogens with zero attached hydrogens (tertiary/aromatic N) is 1. The molecule has 5 nitrogen and oxygen atoms in total. The minimum atomic E-state index is -0.280. The number of carbonyl (C=O) groups excluding carboxylic acids is 1. The average molecular weight is 425 g/mol. The van der Waals surface area contributed by atoms with Gasteiger partial charge < -0.3 is 9.47 Å². The molecule has 0 fully saturated rings. The number of nitrogens with one attached hydrogen (secondary N) is 1. The molecule has 0 unspecified atom stereocenters. The standard InChI is InChI=1S/C22H17ClN2O3S/c1-27-19-12-17(23)11-16-10-15(7-8-28-20(16)19)21(26)25-22-24-13-18(29-22)9-14-5-3-2-4-6-14/h2-8,10-13H,9H2,1H3,(H,24,25,26). The molecule has 0 radical (unpaired) electrons. The lowest BCUT2D eigenvalue weighted by atomic mass is 10.1. The minimum absolute atomic E-state index is 0.280. The molecule has 0 aliphatic carbocycles. The summed E-state index contributed by atoms with van der Waals surface area (Å²) in [5.74, 6) is 0.730. The molecule has 0 spiro atoms. The molecular weight excluding hydrogens is 408 g/mol. The molecule has 146 valence electrons. The van der Waals surface area contributed by atoms with E-state index in [0.717, 1.165) is 11.3 Å². The molecule has 29 heavy (non-hydrogen) atoms. The summed E-state index contributed by atoms with van der Waals surface area (Å²) >= 11 is 7.60. The summed E-state index contributed by atoms with van der Waals surface area (Å²) in [6, 6.07) is 13.5. The van der Waals surface area contributed by atoms with E-state index >= 15 is 0 Å². The Labute approximate surface area is 177 Å². The van der Waals surface area contributed by atoms with E-state index < -0.39 is 0 Å². The molecule has 0 atom stereocenters. The fourth-order valence-corrected chi connectivity index (χ4v) is 3.98. The Bertz CT molecular complexity index is 1110. The zero-order chi connectivity index (χ0) is 20.2. The maximum atomic E-state index is 12.8. The van der Waals surface area contributed by atoms with Gasteiger partial charge in [-0.05, 0) is 23.8 Å². The lowest BCUT2D eigenvalue weighted by Crippen LogP contribution is -2.12. The summed E-state index contributed by atoms with van der Waals surface area (Å²) in [4.78, 5) is 18.1. The number of halogens is 1. The number of carbonyl (C=O) groups is 1. The van der Waals surface area contributed by atoms with Crippen LogP contribution in [-0.2, 0) is 11.2 Å². The maximum absolute atomic E-state index is 12.8.